The van der Waals surface area contributed by atoms with Gasteiger partial charge in [-0.25, -0.2) is 0 Å². The monoisotopic (exact) mass is 210 g/mol. The lowest BCUT2D eigenvalue weighted by molar-refractivity contribution is -0.131. The Balaban J connectivity index is 1.83. The Morgan fingerprint density at radius 2 is 2.27 bits per heavy atom. The van der Waals surface area contributed by atoms with Crippen LogP contribution in [0.25, 0.3) is 0 Å². The van der Waals surface area contributed by atoms with Gasteiger partial charge in [-0.05, 0) is 19.8 Å². The molecule has 1 fully saturated rings. The van der Waals surface area contributed by atoms with Gasteiger partial charge in [0.05, 0.1) is 6.54 Å². The second-order valence-electron chi connectivity index (χ2n) is 4.06. The normalized spacial score (nSPS) is 22.2. The zero-order chi connectivity index (χ0) is 10.7. The summed E-state index contributed by atoms with van der Waals surface area (Å²) in [5.74, 6) is 0.943. The van der Waals surface area contributed by atoms with Crippen molar-refractivity contribution in [1.82, 2.24) is 15.5 Å². The number of carbonyl (C=O) groups excluding carboxylic acids is 1. The third kappa shape index (κ3) is 2.40. The number of hydrogen-bond acceptors (Lipinski definition) is 4. The van der Waals surface area contributed by atoms with Gasteiger partial charge in [0.15, 0.2) is 5.96 Å². The Morgan fingerprint density at radius 3 is 2.87 bits per heavy atom. The van der Waals surface area contributed by atoms with Crippen LogP contribution in [0.2, 0.25) is 0 Å². The Morgan fingerprint density at radius 1 is 1.53 bits per heavy atom. The fraction of sp³-hybridized carbons (Fsp3) is 0.800. The molecule has 2 aliphatic rings. The van der Waals surface area contributed by atoms with Crippen LogP contribution in [0.5, 0.6) is 0 Å². The number of nitrogens with zero attached hydrogens (tertiary/aromatic N) is 2. The summed E-state index contributed by atoms with van der Waals surface area (Å²) in [4.78, 5) is 18.0. The Kier molecular flexibility index (Phi) is 3.08. The third-order valence-electron chi connectivity index (χ3n) is 2.82. The van der Waals surface area contributed by atoms with Crippen LogP contribution in [0.15, 0.2) is 4.99 Å². The van der Waals surface area contributed by atoms with E-state index >= 15 is 0 Å². The van der Waals surface area contributed by atoms with Gasteiger partial charge in [-0.2, -0.15) is 0 Å². The molecule has 2 heterocycles. The Hall–Kier alpha value is -1.26. The van der Waals surface area contributed by atoms with E-state index < -0.39 is 0 Å². The highest BCUT2D eigenvalue weighted by Crippen LogP contribution is 2.08. The maximum atomic E-state index is 11.9. The third-order valence-corrected chi connectivity index (χ3v) is 2.82. The molecule has 0 aromatic rings. The second kappa shape index (κ2) is 4.51. The average Bonchev–Trinajstić information content (AvgIpc) is 2.88. The van der Waals surface area contributed by atoms with Gasteiger partial charge < -0.3 is 15.5 Å². The van der Waals surface area contributed by atoms with Crippen molar-refractivity contribution < 1.29 is 4.79 Å². The molecule has 2 aliphatic heterocycles. The van der Waals surface area contributed by atoms with Crippen LogP contribution in [-0.2, 0) is 4.79 Å². The van der Waals surface area contributed by atoms with Crippen LogP contribution < -0.4 is 10.6 Å². The smallest absolute Gasteiger partial charge is 0.244 e. The van der Waals surface area contributed by atoms with Gasteiger partial charge in [0.1, 0.15) is 6.04 Å². The number of guanidine groups is 1. The van der Waals surface area contributed by atoms with Crippen molar-refractivity contribution >= 4 is 11.9 Å². The summed E-state index contributed by atoms with van der Waals surface area (Å²) < 4.78 is 0. The predicted molar refractivity (Wildman–Crippen MR) is 58.7 cm³/mol. The van der Waals surface area contributed by atoms with Gasteiger partial charge in [0.2, 0.25) is 5.91 Å². The zero-order valence-electron chi connectivity index (χ0n) is 9.12. The predicted octanol–water partition coefficient (Wildman–Crippen LogP) is -0.454. The first-order chi connectivity index (χ1) is 7.27. The summed E-state index contributed by atoms with van der Waals surface area (Å²) in [5, 5.41) is 6.20. The number of amides is 1. The molecule has 5 heteroatoms. The number of nitrogens with one attached hydrogen (secondary N) is 2. The minimum atomic E-state index is -0.174. The van der Waals surface area contributed by atoms with Crippen molar-refractivity contribution in [2.45, 2.75) is 25.8 Å². The lowest BCUT2D eigenvalue weighted by atomic mass is 10.3. The molecule has 2 rings (SSSR count). The van der Waals surface area contributed by atoms with E-state index in [1.165, 1.54) is 0 Å². The number of hydrogen-bond donors (Lipinski definition) is 2. The summed E-state index contributed by atoms with van der Waals surface area (Å²) in [6, 6.07) is -0.174. The molecular formula is C10H18N4O. The molecule has 0 saturated carbocycles. The van der Waals surface area contributed by atoms with E-state index in [-0.39, 0.29) is 11.9 Å². The fourth-order valence-electron chi connectivity index (χ4n) is 1.97. The second-order valence-corrected chi connectivity index (χ2v) is 4.06. The molecule has 1 unspecified atom stereocenters. The van der Waals surface area contributed by atoms with Crippen LogP contribution >= 0.6 is 0 Å². The van der Waals surface area contributed by atoms with E-state index in [4.69, 9.17) is 0 Å². The molecule has 0 aliphatic carbocycles. The van der Waals surface area contributed by atoms with Gasteiger partial charge in [-0.3, -0.25) is 9.79 Å². The van der Waals surface area contributed by atoms with Gasteiger partial charge in [0.25, 0.3) is 0 Å². The van der Waals surface area contributed by atoms with Gasteiger partial charge >= 0.3 is 0 Å². The van der Waals surface area contributed by atoms with E-state index in [1.54, 1.807) is 0 Å². The highest BCUT2D eigenvalue weighted by Gasteiger charge is 2.24. The maximum absolute atomic E-state index is 11.9. The van der Waals surface area contributed by atoms with Crippen LogP contribution in [0.3, 0.4) is 0 Å². The van der Waals surface area contributed by atoms with E-state index in [0.717, 1.165) is 45.0 Å². The zero-order valence-corrected chi connectivity index (χ0v) is 9.12. The Bertz CT molecular complexity index is 271. The maximum Gasteiger partial charge on any atom is 0.244 e. The van der Waals surface area contributed by atoms with E-state index in [1.807, 2.05) is 11.8 Å². The molecule has 0 spiro atoms. The van der Waals surface area contributed by atoms with E-state index in [2.05, 4.69) is 15.6 Å². The molecule has 0 aromatic carbocycles. The van der Waals surface area contributed by atoms with Crippen molar-refractivity contribution in [2.75, 3.05) is 26.2 Å². The minimum absolute atomic E-state index is 0.174. The standard InChI is InChI=1S/C10H18N4O/c1-8(13-10-11-4-5-12-10)9(15)14-6-2-3-7-14/h8H,2-7H2,1H3,(H2,11,12,13). The molecule has 0 radical (unpaired) electrons. The molecule has 0 aromatic heterocycles. The van der Waals surface area contributed by atoms with Crippen LogP contribution in [0, 0.1) is 0 Å². The van der Waals surface area contributed by atoms with Crippen molar-refractivity contribution in [1.29, 1.82) is 0 Å². The summed E-state index contributed by atoms with van der Waals surface area (Å²) in [7, 11) is 0. The van der Waals surface area contributed by atoms with Gasteiger partial charge in [-0.15, -0.1) is 0 Å². The topological polar surface area (TPSA) is 56.7 Å². The van der Waals surface area contributed by atoms with Crippen LogP contribution in [0.4, 0.5) is 0 Å². The SMILES string of the molecule is CC(NC1=NCCN1)C(=O)N1CCCC1. The number of carbonyl (C=O) groups is 1. The highest BCUT2D eigenvalue weighted by molar-refractivity contribution is 5.89. The number of likely N-dealkylation sites (tertiary alicyclic amines) is 1. The van der Waals surface area contributed by atoms with Crippen molar-refractivity contribution in [3.63, 3.8) is 0 Å². The first kappa shape index (κ1) is 10.3. The summed E-state index contributed by atoms with van der Waals surface area (Å²) >= 11 is 0. The van der Waals surface area contributed by atoms with Crippen molar-refractivity contribution in [3.8, 4) is 0 Å². The van der Waals surface area contributed by atoms with Gasteiger partial charge in [0, 0.05) is 19.6 Å². The van der Waals surface area contributed by atoms with Gasteiger partial charge in [-0.1, -0.05) is 0 Å². The summed E-state index contributed by atoms with van der Waals surface area (Å²) in [6.45, 7) is 5.37. The van der Waals surface area contributed by atoms with Crippen LogP contribution in [-0.4, -0.2) is 49.0 Å². The molecule has 1 amide bonds. The summed E-state index contributed by atoms with van der Waals surface area (Å²) in [5.41, 5.74) is 0. The molecule has 84 valence electrons. The molecule has 1 atom stereocenters. The molecule has 1 saturated heterocycles. The minimum Gasteiger partial charge on any atom is -0.355 e. The first-order valence-electron chi connectivity index (χ1n) is 5.61. The lowest BCUT2D eigenvalue weighted by Crippen LogP contribution is -2.48. The molecule has 15 heavy (non-hydrogen) atoms. The van der Waals surface area contributed by atoms with E-state index in [9.17, 15) is 4.79 Å². The fourth-order valence-corrected chi connectivity index (χ4v) is 1.97. The van der Waals surface area contributed by atoms with E-state index in [0.29, 0.717) is 0 Å². The molecule has 2 N–H and O–H groups in total. The van der Waals surface area contributed by atoms with Crippen molar-refractivity contribution in [2.24, 2.45) is 4.99 Å². The number of aliphatic imine (C=N–C) groups is 1. The lowest BCUT2D eigenvalue weighted by Gasteiger charge is -2.21. The number of rotatable bonds is 2. The highest BCUT2D eigenvalue weighted by atomic mass is 16.2. The average molecular weight is 210 g/mol. The quantitative estimate of drug-likeness (QED) is 0.649. The summed E-state index contributed by atoms with van der Waals surface area (Å²) in [6.07, 6.45) is 2.27. The molecule has 5 nitrogen and oxygen atoms in total. The Labute approximate surface area is 89.9 Å². The van der Waals surface area contributed by atoms with Crippen LogP contribution in [0.1, 0.15) is 19.8 Å². The molecular weight excluding hydrogens is 192 g/mol. The molecule has 0 bridgehead atoms. The van der Waals surface area contributed by atoms with Crippen molar-refractivity contribution in [3.05, 3.63) is 0 Å². The largest absolute Gasteiger partial charge is 0.355 e. The first-order valence-corrected chi connectivity index (χ1v) is 5.61.